The number of hydrogen-bond donors (Lipinski definition) is 1. The van der Waals surface area contributed by atoms with E-state index in [1.165, 1.54) is 24.0 Å². The fourth-order valence-corrected chi connectivity index (χ4v) is 1.24. The summed E-state index contributed by atoms with van der Waals surface area (Å²) in [6.07, 6.45) is 2.40. The molecule has 0 radical (unpaired) electrons. The molecule has 0 saturated carbocycles. The van der Waals surface area contributed by atoms with E-state index in [0.29, 0.717) is 0 Å². The van der Waals surface area contributed by atoms with Crippen molar-refractivity contribution in [2.75, 3.05) is 0 Å². The van der Waals surface area contributed by atoms with Crippen LogP contribution < -0.4 is 5.32 Å². The second-order valence-corrected chi connectivity index (χ2v) is 3.14. The van der Waals surface area contributed by atoms with Crippen LogP contribution in [-0.4, -0.2) is 0 Å². The highest BCUT2D eigenvalue weighted by atomic mass is 14.9. The molecule has 0 spiro atoms. The normalized spacial score (nSPS) is 15.8. The van der Waals surface area contributed by atoms with E-state index in [1.54, 1.807) is 0 Å². The fourth-order valence-electron chi connectivity index (χ4n) is 1.24. The van der Waals surface area contributed by atoms with Gasteiger partial charge in [0.2, 0.25) is 0 Å². The highest BCUT2D eigenvalue weighted by Gasteiger charge is 2.14. The van der Waals surface area contributed by atoms with Gasteiger partial charge in [-0.3, -0.25) is 0 Å². The molecule has 1 heteroatoms. The lowest BCUT2D eigenvalue weighted by molar-refractivity contribution is 0.781. The van der Waals surface area contributed by atoms with Gasteiger partial charge in [-0.1, -0.05) is 18.7 Å². The smallest absolute Gasteiger partial charge is 0.0340 e. The van der Waals surface area contributed by atoms with Crippen molar-refractivity contribution in [1.82, 2.24) is 5.32 Å². The van der Waals surface area contributed by atoms with E-state index in [2.05, 4.69) is 25.4 Å². The first-order valence-corrected chi connectivity index (χ1v) is 3.91. The minimum Gasteiger partial charge on any atom is -0.360 e. The standard InChI is InChI=1S/C10H15N/c1-7(2)11-9(4)10-6-5-8(10)3/h11H,1,4-6H2,2-3H3. The number of nitrogens with one attached hydrogen (secondary N) is 1. The van der Waals surface area contributed by atoms with Crippen LogP contribution in [0.25, 0.3) is 0 Å². The molecule has 1 aliphatic carbocycles. The lowest BCUT2D eigenvalue weighted by Crippen LogP contribution is -2.15. The predicted molar refractivity (Wildman–Crippen MR) is 49.0 cm³/mol. The van der Waals surface area contributed by atoms with E-state index >= 15 is 0 Å². The van der Waals surface area contributed by atoms with Crippen LogP contribution in [0.2, 0.25) is 0 Å². The summed E-state index contributed by atoms with van der Waals surface area (Å²) in [5, 5.41) is 3.13. The SMILES string of the molecule is C=C(C)NC(=C)C1=C(C)CC1. The molecule has 0 amide bonds. The lowest BCUT2D eigenvalue weighted by atomic mass is 9.88. The first-order chi connectivity index (χ1) is 5.11. The Hall–Kier alpha value is -0.980. The third kappa shape index (κ3) is 1.73. The van der Waals surface area contributed by atoms with E-state index in [4.69, 9.17) is 0 Å². The zero-order valence-electron chi connectivity index (χ0n) is 7.33. The molecule has 0 aliphatic heterocycles. The van der Waals surface area contributed by atoms with E-state index < -0.39 is 0 Å². The quantitative estimate of drug-likeness (QED) is 0.650. The summed E-state index contributed by atoms with van der Waals surface area (Å²) >= 11 is 0. The molecule has 0 saturated heterocycles. The number of rotatable bonds is 3. The molecule has 0 aromatic rings. The first-order valence-electron chi connectivity index (χ1n) is 3.91. The maximum Gasteiger partial charge on any atom is 0.0340 e. The molecule has 1 N–H and O–H groups in total. The predicted octanol–water partition coefficient (Wildman–Crippen LogP) is 2.73. The Kier molecular flexibility index (Phi) is 2.18. The molecule has 1 rings (SSSR count). The van der Waals surface area contributed by atoms with Crippen molar-refractivity contribution in [1.29, 1.82) is 0 Å². The third-order valence-corrected chi connectivity index (χ3v) is 1.99. The van der Waals surface area contributed by atoms with Gasteiger partial charge in [-0.05, 0) is 32.3 Å². The molecule has 0 aromatic heterocycles. The van der Waals surface area contributed by atoms with Crippen molar-refractivity contribution in [2.45, 2.75) is 26.7 Å². The second-order valence-electron chi connectivity index (χ2n) is 3.14. The molecule has 1 nitrogen and oxygen atoms in total. The van der Waals surface area contributed by atoms with Gasteiger partial charge in [-0.2, -0.15) is 0 Å². The summed E-state index contributed by atoms with van der Waals surface area (Å²) < 4.78 is 0. The van der Waals surface area contributed by atoms with Crippen LogP contribution in [-0.2, 0) is 0 Å². The minimum absolute atomic E-state index is 0.960. The third-order valence-electron chi connectivity index (χ3n) is 1.99. The highest BCUT2D eigenvalue weighted by molar-refractivity contribution is 5.39. The monoisotopic (exact) mass is 149 g/mol. The van der Waals surface area contributed by atoms with Crippen LogP contribution in [0.1, 0.15) is 26.7 Å². The molecule has 0 bridgehead atoms. The van der Waals surface area contributed by atoms with Crippen LogP contribution in [0.15, 0.2) is 35.7 Å². The van der Waals surface area contributed by atoms with Crippen molar-refractivity contribution in [2.24, 2.45) is 0 Å². The van der Waals surface area contributed by atoms with Gasteiger partial charge in [0, 0.05) is 11.4 Å². The maximum atomic E-state index is 3.94. The molecular formula is C10H15N. The van der Waals surface area contributed by atoms with Gasteiger partial charge in [0.05, 0.1) is 0 Å². The Balaban J connectivity index is 2.56. The van der Waals surface area contributed by atoms with Crippen molar-refractivity contribution in [3.05, 3.63) is 35.7 Å². The first kappa shape index (κ1) is 8.12. The van der Waals surface area contributed by atoms with Gasteiger partial charge in [-0.25, -0.2) is 0 Å². The van der Waals surface area contributed by atoms with Crippen LogP contribution in [0.4, 0.5) is 0 Å². The average Bonchev–Trinajstić information content (AvgIpc) is 1.82. The molecule has 11 heavy (non-hydrogen) atoms. The van der Waals surface area contributed by atoms with Crippen molar-refractivity contribution in [3.63, 3.8) is 0 Å². The largest absolute Gasteiger partial charge is 0.360 e. The molecule has 0 unspecified atom stereocenters. The van der Waals surface area contributed by atoms with E-state index in [9.17, 15) is 0 Å². The summed E-state index contributed by atoms with van der Waals surface area (Å²) in [6.45, 7) is 11.8. The summed E-state index contributed by atoms with van der Waals surface area (Å²) in [6, 6.07) is 0. The van der Waals surface area contributed by atoms with Gasteiger partial charge in [0.25, 0.3) is 0 Å². The molecular weight excluding hydrogens is 134 g/mol. The minimum atomic E-state index is 0.960. The van der Waals surface area contributed by atoms with Gasteiger partial charge < -0.3 is 5.32 Å². The Labute approximate surface area is 68.5 Å². The summed E-state index contributed by atoms with van der Waals surface area (Å²) in [7, 11) is 0. The highest BCUT2D eigenvalue weighted by Crippen LogP contribution is 2.31. The number of allylic oxidation sites excluding steroid dienone is 3. The molecule has 1 aliphatic rings. The van der Waals surface area contributed by atoms with Gasteiger partial charge in [0.15, 0.2) is 0 Å². The van der Waals surface area contributed by atoms with Crippen LogP contribution in [0.3, 0.4) is 0 Å². The van der Waals surface area contributed by atoms with Crippen molar-refractivity contribution >= 4 is 0 Å². The average molecular weight is 149 g/mol. The molecule has 0 aromatic carbocycles. The Morgan fingerprint density at radius 3 is 2.27 bits per heavy atom. The van der Waals surface area contributed by atoms with E-state index in [-0.39, 0.29) is 0 Å². The Morgan fingerprint density at radius 2 is 2.00 bits per heavy atom. The summed E-state index contributed by atoms with van der Waals surface area (Å²) in [5.41, 5.74) is 4.83. The lowest BCUT2D eigenvalue weighted by Gasteiger charge is -2.23. The van der Waals surface area contributed by atoms with E-state index in [0.717, 1.165) is 11.4 Å². The van der Waals surface area contributed by atoms with E-state index in [1.807, 2.05) is 6.92 Å². The van der Waals surface area contributed by atoms with Gasteiger partial charge in [0.1, 0.15) is 0 Å². The van der Waals surface area contributed by atoms with Crippen molar-refractivity contribution in [3.8, 4) is 0 Å². The molecule has 0 fully saturated rings. The Bertz CT molecular complexity index is 233. The van der Waals surface area contributed by atoms with Gasteiger partial charge >= 0.3 is 0 Å². The second kappa shape index (κ2) is 2.95. The zero-order chi connectivity index (χ0) is 8.43. The number of hydrogen-bond acceptors (Lipinski definition) is 1. The summed E-state index contributed by atoms with van der Waals surface area (Å²) in [4.78, 5) is 0. The zero-order valence-corrected chi connectivity index (χ0v) is 7.33. The maximum absolute atomic E-state index is 3.94. The van der Waals surface area contributed by atoms with Crippen molar-refractivity contribution < 1.29 is 0 Å². The van der Waals surface area contributed by atoms with Crippen LogP contribution in [0.5, 0.6) is 0 Å². The molecule has 0 atom stereocenters. The summed E-state index contributed by atoms with van der Waals surface area (Å²) in [5.74, 6) is 0. The van der Waals surface area contributed by atoms with Crippen LogP contribution in [0, 0.1) is 0 Å². The fraction of sp³-hybridized carbons (Fsp3) is 0.400. The molecule has 60 valence electrons. The van der Waals surface area contributed by atoms with Crippen LogP contribution >= 0.6 is 0 Å². The Morgan fingerprint density at radius 1 is 1.36 bits per heavy atom. The topological polar surface area (TPSA) is 12.0 Å². The van der Waals surface area contributed by atoms with Gasteiger partial charge in [-0.15, -0.1) is 0 Å². The molecule has 0 heterocycles.